The van der Waals surface area contributed by atoms with Crippen LogP contribution in [0.25, 0.3) is 0 Å². The van der Waals surface area contributed by atoms with Gasteiger partial charge in [-0.1, -0.05) is 23.7 Å². The van der Waals surface area contributed by atoms with E-state index in [9.17, 15) is 9.59 Å². The van der Waals surface area contributed by atoms with Gasteiger partial charge in [0.25, 0.3) is 0 Å². The number of carbonyl (C=O) groups excluding carboxylic acids is 2. The molecule has 6 heteroatoms. The molecule has 0 bridgehead atoms. The van der Waals surface area contributed by atoms with Crippen molar-refractivity contribution in [2.45, 2.75) is 18.3 Å². The van der Waals surface area contributed by atoms with Gasteiger partial charge in [-0.3, -0.25) is 20.2 Å². The molecule has 0 unspecified atom stereocenters. The first-order chi connectivity index (χ1) is 9.10. The maximum Gasteiger partial charge on any atom is 0.248 e. The highest BCUT2D eigenvalue weighted by Crippen LogP contribution is 2.48. The fraction of sp³-hybridized carbons (Fsp3) is 0.308. The van der Waals surface area contributed by atoms with Crippen molar-refractivity contribution in [3.8, 4) is 0 Å². The summed E-state index contributed by atoms with van der Waals surface area (Å²) in [5.74, 6) is -0.109. The summed E-state index contributed by atoms with van der Waals surface area (Å²) in [5, 5.41) is 5.78. The van der Waals surface area contributed by atoms with Crippen LogP contribution in [0.4, 0.5) is 0 Å². The number of aliphatic imine (C=N–C) groups is 1. The average molecular weight is 278 g/mol. The van der Waals surface area contributed by atoms with Crippen LogP contribution < -0.4 is 10.6 Å². The number of halogens is 1. The van der Waals surface area contributed by atoms with Gasteiger partial charge in [0.1, 0.15) is 6.54 Å². The Balaban J connectivity index is 1.78. The summed E-state index contributed by atoms with van der Waals surface area (Å²) < 4.78 is 0. The number of nitrogens with zero attached hydrogens (tertiary/aromatic N) is 1. The molecule has 19 heavy (non-hydrogen) atoms. The first-order valence-electron chi connectivity index (χ1n) is 6.02. The molecule has 2 amide bonds. The van der Waals surface area contributed by atoms with Gasteiger partial charge in [-0.25, -0.2) is 4.99 Å². The Kier molecular flexibility index (Phi) is 2.78. The second-order valence-electron chi connectivity index (χ2n) is 4.76. The summed E-state index contributed by atoms with van der Waals surface area (Å²) in [5.41, 5.74) is 0.378. The standard InChI is InChI=1S/C13H12ClN3O2/c14-9-3-1-2-8(6-9)13(4-5-13)11(19)17-12-15-7-10(18)16-12/h1-3,6H,4-5,7H2,(H2,15,16,17,18,19). The van der Waals surface area contributed by atoms with Gasteiger partial charge in [0, 0.05) is 5.02 Å². The Morgan fingerprint density at radius 3 is 2.79 bits per heavy atom. The number of guanidine groups is 1. The number of hydrogen-bond donors (Lipinski definition) is 2. The van der Waals surface area contributed by atoms with E-state index >= 15 is 0 Å². The first kappa shape index (κ1) is 12.2. The van der Waals surface area contributed by atoms with Gasteiger partial charge in [-0.15, -0.1) is 0 Å². The van der Waals surface area contributed by atoms with E-state index in [1.807, 2.05) is 18.2 Å². The normalized spacial score (nSPS) is 19.6. The summed E-state index contributed by atoms with van der Waals surface area (Å²) in [6.07, 6.45) is 1.56. The summed E-state index contributed by atoms with van der Waals surface area (Å²) in [7, 11) is 0. The maximum absolute atomic E-state index is 12.3. The third-order valence-electron chi connectivity index (χ3n) is 3.43. The summed E-state index contributed by atoms with van der Waals surface area (Å²) in [6.45, 7) is 0.0692. The Labute approximate surface area is 115 Å². The second-order valence-corrected chi connectivity index (χ2v) is 5.20. The van der Waals surface area contributed by atoms with Gasteiger partial charge in [0.05, 0.1) is 5.41 Å². The lowest BCUT2D eigenvalue weighted by Crippen LogP contribution is -2.44. The Morgan fingerprint density at radius 2 is 2.21 bits per heavy atom. The molecule has 0 spiro atoms. The van der Waals surface area contributed by atoms with Crippen LogP contribution in [-0.2, 0) is 15.0 Å². The lowest BCUT2D eigenvalue weighted by molar-refractivity contribution is -0.122. The van der Waals surface area contributed by atoms with Crippen molar-refractivity contribution in [3.05, 3.63) is 34.9 Å². The molecule has 1 heterocycles. The van der Waals surface area contributed by atoms with Crippen LogP contribution in [0.2, 0.25) is 5.02 Å². The van der Waals surface area contributed by atoms with Crippen molar-refractivity contribution >= 4 is 29.4 Å². The van der Waals surface area contributed by atoms with Gasteiger partial charge in [0.2, 0.25) is 17.8 Å². The van der Waals surface area contributed by atoms with Gasteiger partial charge >= 0.3 is 0 Å². The van der Waals surface area contributed by atoms with Crippen LogP contribution in [0.15, 0.2) is 29.3 Å². The molecule has 0 atom stereocenters. The molecule has 1 aliphatic carbocycles. The van der Waals surface area contributed by atoms with Gasteiger partial charge in [-0.05, 0) is 30.5 Å². The van der Waals surface area contributed by atoms with Crippen molar-refractivity contribution in [3.63, 3.8) is 0 Å². The molecule has 0 radical (unpaired) electrons. The molecule has 98 valence electrons. The number of benzene rings is 1. The smallest absolute Gasteiger partial charge is 0.248 e. The van der Waals surface area contributed by atoms with Crippen LogP contribution in [0.5, 0.6) is 0 Å². The zero-order valence-electron chi connectivity index (χ0n) is 10.1. The third-order valence-corrected chi connectivity index (χ3v) is 3.67. The number of carbonyl (C=O) groups is 2. The quantitative estimate of drug-likeness (QED) is 0.846. The lowest BCUT2D eigenvalue weighted by atomic mass is 9.95. The van der Waals surface area contributed by atoms with Crippen molar-refractivity contribution in [2.24, 2.45) is 4.99 Å². The molecule has 1 aromatic carbocycles. The van der Waals surface area contributed by atoms with Gasteiger partial charge < -0.3 is 0 Å². The minimum atomic E-state index is -0.527. The van der Waals surface area contributed by atoms with Crippen molar-refractivity contribution in [1.82, 2.24) is 10.6 Å². The fourth-order valence-corrected chi connectivity index (χ4v) is 2.41. The minimum Gasteiger partial charge on any atom is -0.296 e. The largest absolute Gasteiger partial charge is 0.296 e. The monoisotopic (exact) mass is 277 g/mol. The van der Waals surface area contributed by atoms with E-state index in [0.29, 0.717) is 5.02 Å². The lowest BCUT2D eigenvalue weighted by Gasteiger charge is -2.15. The maximum atomic E-state index is 12.3. The highest BCUT2D eigenvalue weighted by atomic mass is 35.5. The van der Waals surface area contributed by atoms with E-state index in [1.54, 1.807) is 6.07 Å². The van der Waals surface area contributed by atoms with Crippen molar-refractivity contribution in [1.29, 1.82) is 0 Å². The van der Waals surface area contributed by atoms with E-state index in [1.165, 1.54) is 0 Å². The van der Waals surface area contributed by atoms with E-state index in [-0.39, 0.29) is 24.3 Å². The fourth-order valence-electron chi connectivity index (χ4n) is 2.22. The van der Waals surface area contributed by atoms with Crippen LogP contribution in [0, 0.1) is 0 Å². The van der Waals surface area contributed by atoms with Crippen LogP contribution in [0.1, 0.15) is 18.4 Å². The molecule has 1 saturated carbocycles. The van der Waals surface area contributed by atoms with Gasteiger partial charge in [-0.2, -0.15) is 0 Å². The molecule has 1 aliphatic heterocycles. The number of nitrogens with one attached hydrogen (secondary N) is 2. The van der Waals surface area contributed by atoms with E-state index < -0.39 is 5.41 Å². The Bertz CT molecular complexity index is 593. The topological polar surface area (TPSA) is 70.6 Å². The first-order valence-corrected chi connectivity index (χ1v) is 6.40. The average Bonchev–Trinajstić information content (AvgIpc) is 3.09. The summed E-state index contributed by atoms with van der Waals surface area (Å²) in [4.78, 5) is 27.2. The Morgan fingerprint density at radius 1 is 1.42 bits per heavy atom. The zero-order chi connectivity index (χ0) is 13.5. The van der Waals surface area contributed by atoms with Crippen molar-refractivity contribution in [2.75, 3.05) is 6.54 Å². The summed E-state index contributed by atoms with van der Waals surface area (Å²) in [6, 6.07) is 7.32. The molecular weight excluding hydrogens is 266 g/mol. The predicted molar refractivity (Wildman–Crippen MR) is 71.0 cm³/mol. The molecule has 2 N–H and O–H groups in total. The van der Waals surface area contributed by atoms with E-state index in [0.717, 1.165) is 18.4 Å². The SMILES string of the molecule is O=C1CN=C(NC(=O)C2(c3cccc(Cl)c3)CC2)N1. The zero-order valence-corrected chi connectivity index (χ0v) is 10.8. The van der Waals surface area contributed by atoms with Crippen molar-refractivity contribution < 1.29 is 9.59 Å². The minimum absolute atomic E-state index is 0.0692. The predicted octanol–water partition coefficient (Wildman–Crippen LogP) is 0.974. The summed E-state index contributed by atoms with van der Waals surface area (Å²) >= 11 is 5.96. The second kappa shape index (κ2) is 4.35. The Hall–Kier alpha value is -1.88. The van der Waals surface area contributed by atoms with E-state index in [4.69, 9.17) is 11.6 Å². The van der Waals surface area contributed by atoms with Crippen LogP contribution in [-0.4, -0.2) is 24.3 Å². The van der Waals surface area contributed by atoms with Crippen LogP contribution >= 0.6 is 11.6 Å². The molecule has 0 aromatic heterocycles. The van der Waals surface area contributed by atoms with Crippen LogP contribution in [0.3, 0.4) is 0 Å². The number of rotatable bonds is 2. The third kappa shape index (κ3) is 2.21. The molecule has 5 nitrogen and oxygen atoms in total. The van der Waals surface area contributed by atoms with Gasteiger partial charge in [0.15, 0.2) is 0 Å². The number of amides is 2. The molecule has 1 fully saturated rings. The molecule has 1 aromatic rings. The molecule has 0 saturated heterocycles. The highest BCUT2D eigenvalue weighted by Gasteiger charge is 2.51. The molecular formula is C13H12ClN3O2. The number of hydrogen-bond acceptors (Lipinski definition) is 3. The van der Waals surface area contributed by atoms with E-state index in [2.05, 4.69) is 15.6 Å². The molecule has 3 rings (SSSR count). The molecule has 2 aliphatic rings. The highest BCUT2D eigenvalue weighted by molar-refractivity contribution is 6.30.